The van der Waals surface area contributed by atoms with Crippen molar-refractivity contribution in [2.75, 3.05) is 26.6 Å². The van der Waals surface area contributed by atoms with Crippen molar-refractivity contribution in [1.29, 1.82) is 0 Å². The van der Waals surface area contributed by atoms with E-state index in [1.165, 1.54) is 11.8 Å². The van der Waals surface area contributed by atoms with E-state index in [1.54, 1.807) is 43.0 Å². The molecule has 0 saturated carbocycles. The molecular weight excluding hydrogens is 568 g/mol. The molecule has 1 N–H and O–H groups in total. The number of rotatable bonds is 12. The van der Waals surface area contributed by atoms with Crippen LogP contribution in [0.25, 0.3) is 0 Å². The van der Waals surface area contributed by atoms with Gasteiger partial charge < -0.3 is 24.1 Å². The van der Waals surface area contributed by atoms with E-state index in [2.05, 4.69) is 15.5 Å². The molecular formula is C31H32N6O5S. The van der Waals surface area contributed by atoms with Crippen LogP contribution in [0.1, 0.15) is 29.4 Å². The standard InChI is InChI=1S/C31H32N6O5S/c1-36-28(18-32-29(38)19-42-25-7-5-4-6-8-25)33-34-31(36)43-20-30(39)37-27(22-11-15-24(41-3)16-12-22)17-26(35-37)21-9-13-23(40-2)14-10-21/h4-16,27H,17-20H2,1-3H3,(H,32,38). The molecule has 43 heavy (non-hydrogen) atoms. The Morgan fingerprint density at radius 3 is 2.26 bits per heavy atom. The number of nitrogens with one attached hydrogen (secondary N) is 1. The van der Waals surface area contributed by atoms with Gasteiger partial charge in [-0.3, -0.25) is 9.59 Å². The van der Waals surface area contributed by atoms with E-state index < -0.39 is 0 Å². The Bertz CT molecular complexity index is 1570. The van der Waals surface area contributed by atoms with Gasteiger partial charge in [0.2, 0.25) is 0 Å². The van der Waals surface area contributed by atoms with Crippen molar-refractivity contribution in [3.05, 3.63) is 95.8 Å². The summed E-state index contributed by atoms with van der Waals surface area (Å²) < 4.78 is 17.8. The molecule has 2 heterocycles. The van der Waals surface area contributed by atoms with E-state index in [0.717, 1.165) is 28.3 Å². The molecule has 0 saturated heterocycles. The second-order valence-corrected chi connectivity index (χ2v) is 10.6. The van der Waals surface area contributed by atoms with Gasteiger partial charge in [0, 0.05) is 13.5 Å². The summed E-state index contributed by atoms with van der Waals surface area (Å²) in [4.78, 5) is 25.8. The first-order valence-electron chi connectivity index (χ1n) is 13.6. The van der Waals surface area contributed by atoms with Crippen molar-refractivity contribution in [3.63, 3.8) is 0 Å². The van der Waals surface area contributed by atoms with Crippen LogP contribution in [0.2, 0.25) is 0 Å². The third-order valence-electron chi connectivity index (χ3n) is 6.90. The zero-order valence-corrected chi connectivity index (χ0v) is 24.9. The maximum absolute atomic E-state index is 13.5. The van der Waals surface area contributed by atoms with Crippen molar-refractivity contribution in [1.82, 2.24) is 25.1 Å². The van der Waals surface area contributed by atoms with Crippen LogP contribution >= 0.6 is 11.8 Å². The number of carbonyl (C=O) groups is 2. The first-order chi connectivity index (χ1) is 20.9. The summed E-state index contributed by atoms with van der Waals surface area (Å²) in [5.41, 5.74) is 2.70. The van der Waals surface area contributed by atoms with E-state index in [-0.39, 0.29) is 36.8 Å². The van der Waals surface area contributed by atoms with Crippen LogP contribution in [0.4, 0.5) is 0 Å². The summed E-state index contributed by atoms with van der Waals surface area (Å²) in [5.74, 6) is 2.33. The van der Waals surface area contributed by atoms with Crippen molar-refractivity contribution < 1.29 is 23.8 Å². The number of methoxy groups -OCH3 is 2. The largest absolute Gasteiger partial charge is 0.497 e. The molecule has 0 bridgehead atoms. The van der Waals surface area contributed by atoms with Crippen LogP contribution < -0.4 is 19.5 Å². The van der Waals surface area contributed by atoms with E-state index in [1.807, 2.05) is 66.7 Å². The molecule has 1 aliphatic rings. The highest BCUT2D eigenvalue weighted by molar-refractivity contribution is 7.99. The number of ether oxygens (including phenoxy) is 3. The van der Waals surface area contributed by atoms with Gasteiger partial charge >= 0.3 is 0 Å². The van der Waals surface area contributed by atoms with Gasteiger partial charge in [-0.2, -0.15) is 5.10 Å². The average molecular weight is 601 g/mol. The maximum Gasteiger partial charge on any atom is 0.258 e. The fraction of sp³-hybridized carbons (Fsp3) is 0.258. The predicted molar refractivity (Wildman–Crippen MR) is 162 cm³/mol. The molecule has 0 spiro atoms. The van der Waals surface area contributed by atoms with Crippen LogP contribution in [0.5, 0.6) is 17.2 Å². The molecule has 222 valence electrons. The third-order valence-corrected chi connectivity index (χ3v) is 7.90. The molecule has 0 aliphatic carbocycles. The Balaban J connectivity index is 1.22. The zero-order valence-electron chi connectivity index (χ0n) is 24.1. The maximum atomic E-state index is 13.5. The topological polar surface area (TPSA) is 120 Å². The van der Waals surface area contributed by atoms with E-state index in [0.29, 0.717) is 23.2 Å². The summed E-state index contributed by atoms with van der Waals surface area (Å²) in [6.45, 7) is 0.0678. The SMILES string of the molecule is COc1ccc(C2=NN(C(=O)CSc3nnc(CNC(=O)COc4ccccc4)n3C)C(c3ccc(OC)cc3)C2)cc1. The lowest BCUT2D eigenvalue weighted by Crippen LogP contribution is -2.29. The number of amides is 2. The van der Waals surface area contributed by atoms with Crippen LogP contribution in [-0.4, -0.2) is 63.9 Å². The first kappa shape index (κ1) is 29.6. The lowest BCUT2D eigenvalue weighted by Gasteiger charge is -2.22. The summed E-state index contributed by atoms with van der Waals surface area (Å²) in [6, 6.07) is 24.2. The van der Waals surface area contributed by atoms with Crippen LogP contribution in [0.3, 0.4) is 0 Å². The minimum absolute atomic E-state index is 0.106. The quantitative estimate of drug-likeness (QED) is 0.243. The fourth-order valence-electron chi connectivity index (χ4n) is 4.50. The highest BCUT2D eigenvalue weighted by atomic mass is 32.2. The lowest BCUT2D eigenvalue weighted by molar-refractivity contribution is -0.130. The smallest absolute Gasteiger partial charge is 0.258 e. The Labute approximate surface area is 253 Å². The van der Waals surface area contributed by atoms with Crippen molar-refractivity contribution >= 4 is 29.3 Å². The molecule has 1 atom stereocenters. The minimum Gasteiger partial charge on any atom is -0.497 e. The van der Waals surface area contributed by atoms with E-state index in [9.17, 15) is 9.59 Å². The van der Waals surface area contributed by atoms with Gasteiger partial charge in [-0.15, -0.1) is 10.2 Å². The van der Waals surface area contributed by atoms with Gasteiger partial charge in [-0.05, 0) is 59.7 Å². The fourth-order valence-corrected chi connectivity index (χ4v) is 5.28. The van der Waals surface area contributed by atoms with E-state index in [4.69, 9.17) is 19.3 Å². The summed E-state index contributed by atoms with van der Waals surface area (Å²) in [7, 11) is 5.04. The molecule has 11 nitrogen and oxygen atoms in total. The number of benzene rings is 3. The van der Waals surface area contributed by atoms with Crippen molar-refractivity contribution in [3.8, 4) is 17.2 Å². The number of hydrogen-bond donors (Lipinski definition) is 1. The number of carbonyl (C=O) groups excluding carboxylic acids is 2. The van der Waals surface area contributed by atoms with Gasteiger partial charge in [0.15, 0.2) is 17.6 Å². The minimum atomic E-state index is -0.277. The highest BCUT2D eigenvalue weighted by Crippen LogP contribution is 2.34. The molecule has 3 aromatic carbocycles. The first-order valence-corrected chi connectivity index (χ1v) is 14.6. The third kappa shape index (κ3) is 7.33. The highest BCUT2D eigenvalue weighted by Gasteiger charge is 2.33. The van der Waals surface area contributed by atoms with Crippen molar-refractivity contribution in [2.24, 2.45) is 12.1 Å². The second kappa shape index (κ2) is 13.9. The Morgan fingerprint density at radius 1 is 0.907 bits per heavy atom. The molecule has 2 amide bonds. The average Bonchev–Trinajstić information content (AvgIpc) is 3.66. The molecule has 12 heteroatoms. The van der Waals surface area contributed by atoms with E-state index >= 15 is 0 Å². The predicted octanol–water partition coefficient (Wildman–Crippen LogP) is 4.00. The molecule has 0 fully saturated rings. The van der Waals surface area contributed by atoms with Gasteiger partial charge in [0.05, 0.1) is 38.3 Å². The summed E-state index contributed by atoms with van der Waals surface area (Å²) >= 11 is 1.26. The van der Waals surface area contributed by atoms with Gasteiger partial charge in [0.1, 0.15) is 17.2 Å². The molecule has 5 rings (SSSR count). The van der Waals surface area contributed by atoms with Gasteiger partial charge in [-0.1, -0.05) is 42.1 Å². The number of hydrogen-bond acceptors (Lipinski definition) is 9. The molecule has 1 aliphatic heterocycles. The van der Waals surface area contributed by atoms with Gasteiger partial charge in [-0.25, -0.2) is 5.01 Å². The van der Waals surface area contributed by atoms with Crippen LogP contribution in [0.15, 0.2) is 89.1 Å². The Hall–Kier alpha value is -4.84. The number of thioether (sulfide) groups is 1. The molecule has 0 radical (unpaired) electrons. The lowest BCUT2D eigenvalue weighted by atomic mass is 9.98. The molecule has 1 aromatic heterocycles. The Kier molecular flexibility index (Phi) is 9.57. The Morgan fingerprint density at radius 2 is 1.58 bits per heavy atom. The summed E-state index contributed by atoms with van der Waals surface area (Å²) in [6.07, 6.45) is 0.566. The van der Waals surface area contributed by atoms with Crippen molar-refractivity contribution in [2.45, 2.75) is 24.2 Å². The normalized spacial score (nSPS) is 14.3. The molecule has 1 unspecified atom stereocenters. The van der Waals surface area contributed by atoms with Crippen LogP contribution in [0, 0.1) is 0 Å². The monoisotopic (exact) mass is 600 g/mol. The zero-order chi connectivity index (χ0) is 30.2. The number of nitrogens with zero attached hydrogens (tertiary/aromatic N) is 5. The number of para-hydroxylation sites is 1. The summed E-state index contributed by atoms with van der Waals surface area (Å²) in [5, 5.41) is 18.1. The van der Waals surface area contributed by atoms with Gasteiger partial charge in [0.25, 0.3) is 11.8 Å². The molecule has 4 aromatic rings. The second-order valence-electron chi connectivity index (χ2n) is 9.63. The van der Waals surface area contributed by atoms with Crippen LogP contribution in [-0.2, 0) is 23.2 Å². The number of hydrazone groups is 1. The number of aromatic nitrogens is 3.